The van der Waals surface area contributed by atoms with E-state index in [4.69, 9.17) is 21.6 Å². The van der Waals surface area contributed by atoms with E-state index in [0.29, 0.717) is 5.02 Å². The van der Waals surface area contributed by atoms with E-state index >= 15 is 0 Å². The lowest BCUT2D eigenvalue weighted by Gasteiger charge is -2.06. The zero-order valence-electron chi connectivity index (χ0n) is 5.87. The van der Waals surface area contributed by atoms with Crippen molar-refractivity contribution in [2.75, 3.05) is 0 Å². The second-order valence-corrected chi connectivity index (χ2v) is 3.34. The van der Waals surface area contributed by atoms with Gasteiger partial charge in [0.25, 0.3) is 0 Å². The van der Waals surface area contributed by atoms with Gasteiger partial charge in [-0.2, -0.15) is 0 Å². The van der Waals surface area contributed by atoms with E-state index < -0.39 is 7.32 Å². The molecule has 64 valence electrons. The molecule has 0 aliphatic carbocycles. The van der Waals surface area contributed by atoms with Crippen LogP contribution in [-0.4, -0.2) is 17.4 Å². The molecular weight excluding hydrogens is 246 g/mol. The van der Waals surface area contributed by atoms with E-state index in [9.17, 15) is 0 Å². The SMILES string of the molecule is OB(O)Oc1cc(Br)ccc1Cl. The van der Waals surface area contributed by atoms with Crippen LogP contribution in [-0.2, 0) is 0 Å². The first-order valence-electron chi connectivity index (χ1n) is 3.07. The summed E-state index contributed by atoms with van der Waals surface area (Å²) in [6.45, 7) is 0. The van der Waals surface area contributed by atoms with Gasteiger partial charge in [-0.05, 0) is 18.2 Å². The van der Waals surface area contributed by atoms with E-state index in [1.54, 1.807) is 18.2 Å². The minimum absolute atomic E-state index is 0.223. The summed E-state index contributed by atoms with van der Waals surface area (Å²) < 4.78 is 5.33. The molecule has 2 N–H and O–H groups in total. The fraction of sp³-hybridized carbons (Fsp3) is 0. The molecule has 0 unspecified atom stereocenters. The van der Waals surface area contributed by atoms with Gasteiger partial charge in [-0.3, -0.25) is 0 Å². The molecule has 1 aromatic carbocycles. The smallest absolute Gasteiger partial charge is 0.511 e. The Labute approximate surface area is 83.2 Å². The summed E-state index contributed by atoms with van der Waals surface area (Å²) in [6, 6.07) is 4.85. The molecule has 12 heavy (non-hydrogen) atoms. The van der Waals surface area contributed by atoms with Gasteiger partial charge in [0, 0.05) is 4.47 Å². The van der Waals surface area contributed by atoms with Gasteiger partial charge in [-0.15, -0.1) is 0 Å². The van der Waals surface area contributed by atoms with Crippen LogP contribution < -0.4 is 4.65 Å². The Balaban J connectivity index is 2.90. The molecule has 0 bridgehead atoms. The molecule has 0 saturated heterocycles. The van der Waals surface area contributed by atoms with Crippen molar-refractivity contribution in [2.45, 2.75) is 0 Å². The Morgan fingerprint density at radius 3 is 2.67 bits per heavy atom. The van der Waals surface area contributed by atoms with E-state index in [1.165, 1.54) is 0 Å². The fourth-order valence-corrected chi connectivity index (χ4v) is 1.18. The Kier molecular flexibility index (Phi) is 3.40. The van der Waals surface area contributed by atoms with Crippen LogP contribution in [0.2, 0.25) is 5.02 Å². The van der Waals surface area contributed by atoms with Crippen molar-refractivity contribution in [2.24, 2.45) is 0 Å². The third-order valence-electron chi connectivity index (χ3n) is 1.13. The number of hydrogen-bond acceptors (Lipinski definition) is 3. The normalized spacial score (nSPS) is 9.67. The number of hydrogen-bond donors (Lipinski definition) is 2. The summed E-state index contributed by atoms with van der Waals surface area (Å²) in [5.41, 5.74) is 0. The third-order valence-corrected chi connectivity index (χ3v) is 1.93. The fourth-order valence-electron chi connectivity index (χ4n) is 0.681. The summed E-state index contributed by atoms with van der Waals surface area (Å²) in [4.78, 5) is 0. The van der Waals surface area contributed by atoms with Gasteiger partial charge in [0.2, 0.25) is 0 Å². The molecule has 6 heteroatoms. The molecule has 0 fully saturated rings. The van der Waals surface area contributed by atoms with Crippen molar-refractivity contribution in [3.63, 3.8) is 0 Å². The molecule has 0 aliphatic heterocycles. The highest BCUT2D eigenvalue weighted by atomic mass is 79.9. The lowest BCUT2D eigenvalue weighted by atomic mass is 10.2. The highest BCUT2D eigenvalue weighted by Crippen LogP contribution is 2.27. The molecule has 0 aromatic heterocycles. The summed E-state index contributed by atoms with van der Waals surface area (Å²) in [5, 5.41) is 17.3. The van der Waals surface area contributed by atoms with Crippen molar-refractivity contribution in [3.05, 3.63) is 27.7 Å². The summed E-state index contributed by atoms with van der Waals surface area (Å²) in [7, 11) is -1.85. The maximum Gasteiger partial charge on any atom is 0.707 e. The van der Waals surface area contributed by atoms with Gasteiger partial charge >= 0.3 is 7.32 Å². The largest absolute Gasteiger partial charge is 0.707 e. The topological polar surface area (TPSA) is 49.7 Å². The Hall–Kier alpha value is -0.225. The monoisotopic (exact) mass is 250 g/mol. The van der Waals surface area contributed by atoms with E-state index in [1.807, 2.05) is 0 Å². The third kappa shape index (κ3) is 2.67. The van der Waals surface area contributed by atoms with Crippen LogP contribution in [0.25, 0.3) is 0 Å². The number of benzene rings is 1. The van der Waals surface area contributed by atoms with Gasteiger partial charge in [0.1, 0.15) is 5.75 Å². The van der Waals surface area contributed by atoms with Crippen LogP contribution in [0, 0.1) is 0 Å². The molecule has 0 saturated carbocycles. The zero-order valence-corrected chi connectivity index (χ0v) is 8.21. The van der Waals surface area contributed by atoms with Crippen molar-refractivity contribution in [1.82, 2.24) is 0 Å². The first-order chi connectivity index (χ1) is 5.59. The summed E-state index contributed by atoms with van der Waals surface area (Å²) >= 11 is 8.86. The number of halogens is 2. The minimum atomic E-state index is -1.85. The second kappa shape index (κ2) is 4.14. The molecule has 3 nitrogen and oxygen atoms in total. The first kappa shape index (κ1) is 9.86. The van der Waals surface area contributed by atoms with Gasteiger partial charge < -0.3 is 14.7 Å². The molecule has 0 atom stereocenters. The Bertz CT molecular complexity index is 281. The molecular formula is C6H5BBrClO3. The molecule has 1 aromatic rings. The average molecular weight is 251 g/mol. The highest BCUT2D eigenvalue weighted by Gasteiger charge is 2.13. The molecule has 0 heterocycles. The molecule has 0 spiro atoms. The first-order valence-corrected chi connectivity index (χ1v) is 4.24. The standard InChI is InChI=1S/C6H5BBrClO3/c8-4-1-2-5(9)6(3-4)12-7(10)11/h1-3,10-11H. The predicted octanol–water partition coefficient (Wildman–Crippen LogP) is 1.45. The van der Waals surface area contributed by atoms with Gasteiger partial charge in [-0.1, -0.05) is 27.5 Å². The zero-order chi connectivity index (χ0) is 9.14. The Morgan fingerprint density at radius 2 is 2.08 bits per heavy atom. The van der Waals surface area contributed by atoms with Crippen LogP contribution in [0.5, 0.6) is 5.75 Å². The van der Waals surface area contributed by atoms with Crippen molar-refractivity contribution in [3.8, 4) is 5.75 Å². The van der Waals surface area contributed by atoms with Crippen molar-refractivity contribution < 1.29 is 14.7 Å². The number of rotatable bonds is 2. The van der Waals surface area contributed by atoms with Crippen LogP contribution in [0.3, 0.4) is 0 Å². The predicted molar refractivity (Wildman–Crippen MR) is 50.0 cm³/mol. The van der Waals surface area contributed by atoms with Crippen LogP contribution in [0.4, 0.5) is 0 Å². The molecule has 0 radical (unpaired) electrons. The minimum Gasteiger partial charge on any atom is -0.511 e. The van der Waals surface area contributed by atoms with E-state index in [2.05, 4.69) is 20.6 Å². The van der Waals surface area contributed by atoms with Gasteiger partial charge in [0.15, 0.2) is 0 Å². The summed E-state index contributed by atoms with van der Waals surface area (Å²) in [6.07, 6.45) is 0. The van der Waals surface area contributed by atoms with Gasteiger partial charge in [-0.25, -0.2) is 0 Å². The van der Waals surface area contributed by atoms with E-state index in [-0.39, 0.29) is 5.75 Å². The lowest BCUT2D eigenvalue weighted by molar-refractivity contribution is 0.288. The van der Waals surface area contributed by atoms with E-state index in [0.717, 1.165) is 4.47 Å². The Morgan fingerprint density at radius 1 is 1.42 bits per heavy atom. The highest BCUT2D eigenvalue weighted by molar-refractivity contribution is 9.10. The van der Waals surface area contributed by atoms with Crippen molar-refractivity contribution in [1.29, 1.82) is 0 Å². The maximum atomic E-state index is 8.48. The van der Waals surface area contributed by atoms with Crippen LogP contribution >= 0.6 is 27.5 Å². The van der Waals surface area contributed by atoms with Crippen LogP contribution in [0.15, 0.2) is 22.7 Å². The average Bonchev–Trinajstić information content (AvgIpc) is 1.96. The molecule has 0 aliphatic rings. The molecule has 1 rings (SSSR count). The van der Waals surface area contributed by atoms with Crippen molar-refractivity contribution >= 4 is 34.9 Å². The van der Waals surface area contributed by atoms with Gasteiger partial charge in [0.05, 0.1) is 5.02 Å². The second-order valence-electron chi connectivity index (χ2n) is 2.02. The lowest BCUT2D eigenvalue weighted by Crippen LogP contribution is -2.20. The van der Waals surface area contributed by atoms with Crippen LogP contribution in [0.1, 0.15) is 0 Å². The quantitative estimate of drug-likeness (QED) is 0.782. The molecule has 0 amide bonds. The maximum absolute atomic E-state index is 8.48. The summed E-state index contributed by atoms with van der Waals surface area (Å²) in [5.74, 6) is 0.223.